The molecule has 0 aliphatic carbocycles. The molecular weight excluding hydrogens is 820 g/mol. The fourth-order valence-electron chi connectivity index (χ4n) is 5.80. The molecule has 0 bridgehead atoms. The molecule has 0 aromatic heterocycles. The second-order valence-electron chi connectivity index (χ2n) is 12.9. The molecule has 8 N–H and O–H groups in total. The number of alkyl halides is 2. The Morgan fingerprint density at radius 1 is 0.645 bits per heavy atom. The molecule has 62 heavy (non-hydrogen) atoms. The van der Waals surface area contributed by atoms with E-state index < -0.39 is 65.4 Å². The number of carbonyl (C=O) groups is 6. The zero-order valence-corrected chi connectivity index (χ0v) is 32.2. The molecule has 20 heteroatoms. The van der Waals surface area contributed by atoms with Gasteiger partial charge in [0, 0.05) is 28.6 Å². The van der Waals surface area contributed by atoms with Crippen LogP contribution in [0, 0.1) is 0 Å². The zero-order valence-electron chi connectivity index (χ0n) is 32.2. The van der Waals surface area contributed by atoms with E-state index in [-0.39, 0.29) is 51.1 Å². The number of carboxylic acid groups (broad SMARTS) is 1. The van der Waals surface area contributed by atoms with Gasteiger partial charge in [-0.2, -0.15) is 0 Å². The first-order valence-electron chi connectivity index (χ1n) is 17.9. The number of nitrogens with one attached hydrogen (secondary N) is 5. The summed E-state index contributed by atoms with van der Waals surface area (Å²) >= 11 is 0. The Morgan fingerprint density at radius 2 is 1.18 bits per heavy atom. The number of anilines is 4. The van der Waals surface area contributed by atoms with Crippen LogP contribution >= 0.6 is 0 Å². The standard InChI is InChI=1S/C42H33F2N5O13/c1-59-36-28(15-13-26(34(36)52)40(56)49-29-16-14-27(41(57)58)35(53)37(29)60-2)48-39(55)23-7-11-25(12-8-23)47-33(51)20-45-38(54)22-5-9-24(10-6-22)46-32(50)18-4-21-3-17-30-31(19-21)62-42(43,44)61-30/h3-19,52-53H,20H2,1-2H3,(H,45,54)(H,46,50)(H,47,51)(H,48,55)(H,49,56)(H,57,58)/b18-4+. The highest BCUT2D eigenvalue weighted by Gasteiger charge is 2.43. The quantitative estimate of drug-likeness (QED) is 0.0628. The van der Waals surface area contributed by atoms with Crippen molar-refractivity contribution >= 4 is 64.3 Å². The van der Waals surface area contributed by atoms with Gasteiger partial charge in [0.15, 0.2) is 34.5 Å². The van der Waals surface area contributed by atoms with E-state index >= 15 is 0 Å². The molecule has 0 unspecified atom stereocenters. The number of rotatable bonds is 14. The SMILES string of the molecule is COc1c(NC(=O)c2ccc(NC(=O)c3ccc(NC(=O)CNC(=O)c4ccc(NC(=O)/C=C/c5ccc6c(c5)OC(F)(F)O6)cc4)cc3)c(OC)c2O)ccc(C(=O)O)c1O. The molecule has 1 aliphatic heterocycles. The number of aromatic carboxylic acids is 1. The summed E-state index contributed by atoms with van der Waals surface area (Å²) in [7, 11) is 2.35. The maximum atomic E-state index is 13.2. The van der Waals surface area contributed by atoms with Gasteiger partial charge < -0.3 is 60.9 Å². The number of carboxylic acids is 1. The number of halogens is 2. The first-order chi connectivity index (χ1) is 29.5. The Labute approximate surface area is 348 Å². The molecule has 0 fully saturated rings. The largest absolute Gasteiger partial charge is 0.586 e. The van der Waals surface area contributed by atoms with Gasteiger partial charge in [-0.25, -0.2) is 4.79 Å². The minimum atomic E-state index is -3.76. The van der Waals surface area contributed by atoms with Crippen molar-refractivity contribution < 1.29 is 71.8 Å². The highest BCUT2D eigenvalue weighted by atomic mass is 19.3. The van der Waals surface area contributed by atoms with Crippen molar-refractivity contribution in [2.24, 2.45) is 0 Å². The lowest BCUT2D eigenvalue weighted by molar-refractivity contribution is -0.286. The number of hydrogen-bond acceptors (Lipinski definition) is 12. The summed E-state index contributed by atoms with van der Waals surface area (Å²) in [6, 6.07) is 20.2. The Morgan fingerprint density at radius 3 is 1.77 bits per heavy atom. The predicted molar refractivity (Wildman–Crippen MR) is 216 cm³/mol. The fraction of sp³-hybridized carbons (Fsp3) is 0.0952. The van der Waals surface area contributed by atoms with E-state index in [4.69, 9.17) is 9.47 Å². The van der Waals surface area contributed by atoms with Crippen LogP contribution in [0.3, 0.4) is 0 Å². The van der Waals surface area contributed by atoms with Gasteiger partial charge in [0.25, 0.3) is 17.7 Å². The molecule has 0 atom stereocenters. The van der Waals surface area contributed by atoms with Crippen LogP contribution < -0.4 is 45.5 Å². The number of methoxy groups -OCH3 is 2. The lowest BCUT2D eigenvalue weighted by atomic mass is 10.1. The van der Waals surface area contributed by atoms with Gasteiger partial charge in [-0.05, 0) is 96.6 Å². The minimum absolute atomic E-state index is 0.00808. The van der Waals surface area contributed by atoms with Gasteiger partial charge in [0.2, 0.25) is 11.8 Å². The number of aromatic hydroxyl groups is 2. The second kappa shape index (κ2) is 18.1. The van der Waals surface area contributed by atoms with Crippen LogP contribution in [0.1, 0.15) is 47.0 Å². The summed E-state index contributed by atoms with van der Waals surface area (Å²) in [5.74, 6) is -6.93. The van der Waals surface area contributed by atoms with Crippen LogP contribution in [0.25, 0.3) is 6.08 Å². The number of carbonyl (C=O) groups excluding carboxylic acids is 5. The zero-order chi connectivity index (χ0) is 44.7. The molecule has 0 radical (unpaired) electrons. The molecule has 0 saturated carbocycles. The summed E-state index contributed by atoms with van der Waals surface area (Å²) in [5.41, 5.74) is 0.503. The van der Waals surface area contributed by atoms with E-state index in [2.05, 4.69) is 36.1 Å². The number of phenolic OH excluding ortho intramolecular Hbond substituents is 1. The summed E-state index contributed by atoms with van der Waals surface area (Å²) < 4.78 is 45.5. The normalized spacial score (nSPS) is 12.2. The van der Waals surface area contributed by atoms with E-state index in [1.165, 1.54) is 104 Å². The van der Waals surface area contributed by atoms with Crippen molar-refractivity contribution in [2.45, 2.75) is 6.29 Å². The Balaban J connectivity index is 0.974. The van der Waals surface area contributed by atoms with Gasteiger partial charge in [0.1, 0.15) is 5.56 Å². The minimum Gasteiger partial charge on any atom is -0.504 e. The molecular formula is C42H33F2N5O13. The van der Waals surface area contributed by atoms with Crippen molar-refractivity contribution in [1.29, 1.82) is 0 Å². The summed E-state index contributed by atoms with van der Waals surface area (Å²) in [6.45, 7) is -0.411. The van der Waals surface area contributed by atoms with Crippen LogP contribution in [0.2, 0.25) is 0 Å². The molecule has 6 rings (SSSR count). The Bertz CT molecular complexity index is 2640. The predicted octanol–water partition coefficient (Wildman–Crippen LogP) is 5.66. The molecule has 1 heterocycles. The highest BCUT2D eigenvalue weighted by molar-refractivity contribution is 6.10. The molecule has 5 aromatic rings. The molecule has 1 aliphatic rings. The second-order valence-corrected chi connectivity index (χ2v) is 12.9. The van der Waals surface area contributed by atoms with Gasteiger partial charge >= 0.3 is 12.3 Å². The van der Waals surface area contributed by atoms with Crippen molar-refractivity contribution in [2.75, 3.05) is 42.0 Å². The molecule has 18 nitrogen and oxygen atoms in total. The van der Waals surface area contributed by atoms with E-state index in [0.29, 0.717) is 16.9 Å². The smallest absolute Gasteiger partial charge is 0.504 e. The van der Waals surface area contributed by atoms with Crippen LogP contribution in [0.4, 0.5) is 31.5 Å². The van der Waals surface area contributed by atoms with E-state index in [1.54, 1.807) is 0 Å². The molecule has 318 valence electrons. The van der Waals surface area contributed by atoms with Crippen molar-refractivity contribution in [3.05, 3.63) is 125 Å². The van der Waals surface area contributed by atoms with E-state index in [1.807, 2.05) is 0 Å². The van der Waals surface area contributed by atoms with Gasteiger partial charge in [-0.1, -0.05) is 6.07 Å². The maximum absolute atomic E-state index is 13.2. The van der Waals surface area contributed by atoms with Gasteiger partial charge in [-0.15, -0.1) is 8.78 Å². The summed E-state index contributed by atoms with van der Waals surface area (Å²) in [6.07, 6.45) is -1.20. The highest BCUT2D eigenvalue weighted by Crippen LogP contribution is 2.42. The first kappa shape index (κ1) is 42.9. The van der Waals surface area contributed by atoms with Gasteiger partial charge in [-0.3, -0.25) is 24.0 Å². The Hall–Kier alpha value is -8.68. The third-order valence-electron chi connectivity index (χ3n) is 8.75. The van der Waals surface area contributed by atoms with Crippen molar-refractivity contribution in [3.8, 4) is 34.5 Å². The summed E-state index contributed by atoms with van der Waals surface area (Å²) in [5, 5.41) is 43.0. The summed E-state index contributed by atoms with van der Waals surface area (Å²) in [4.78, 5) is 75.1. The monoisotopic (exact) mass is 853 g/mol. The first-order valence-corrected chi connectivity index (χ1v) is 17.9. The number of benzene rings is 5. The lowest BCUT2D eigenvalue weighted by Gasteiger charge is -2.16. The van der Waals surface area contributed by atoms with Crippen LogP contribution in [-0.4, -0.2) is 77.9 Å². The van der Waals surface area contributed by atoms with E-state index in [0.717, 1.165) is 13.2 Å². The number of ether oxygens (including phenoxy) is 4. The van der Waals surface area contributed by atoms with Crippen LogP contribution in [-0.2, 0) is 9.59 Å². The number of hydrogen-bond donors (Lipinski definition) is 8. The van der Waals surface area contributed by atoms with Crippen LogP contribution in [0.15, 0.2) is 97.1 Å². The average Bonchev–Trinajstić information content (AvgIpc) is 3.55. The number of amides is 5. The van der Waals surface area contributed by atoms with Crippen LogP contribution in [0.5, 0.6) is 34.5 Å². The van der Waals surface area contributed by atoms with Crippen molar-refractivity contribution in [1.82, 2.24) is 5.32 Å². The third-order valence-corrected chi connectivity index (χ3v) is 8.75. The topological polar surface area (TPSA) is 260 Å². The molecule has 0 spiro atoms. The Kier molecular flexibility index (Phi) is 12.5. The number of fused-ring (bicyclic) bond motifs is 1. The molecule has 0 saturated heterocycles. The van der Waals surface area contributed by atoms with Crippen molar-refractivity contribution in [3.63, 3.8) is 0 Å². The van der Waals surface area contributed by atoms with E-state index in [9.17, 15) is 52.9 Å². The van der Waals surface area contributed by atoms with Gasteiger partial charge in [0.05, 0.1) is 37.7 Å². The fourth-order valence-corrected chi connectivity index (χ4v) is 5.80. The maximum Gasteiger partial charge on any atom is 0.586 e. The number of phenols is 2. The average molecular weight is 854 g/mol. The third kappa shape index (κ3) is 9.94. The lowest BCUT2D eigenvalue weighted by Crippen LogP contribution is -2.32. The molecule has 5 amide bonds. The molecule has 5 aromatic carbocycles.